The average molecular weight is 269 g/mol. The van der Waals surface area contributed by atoms with E-state index in [1.165, 1.54) is 6.42 Å². The number of halogens is 1. The molecule has 0 saturated carbocycles. The fourth-order valence-electron chi connectivity index (χ4n) is 1.78. The molecular weight excluding hydrogens is 256 g/mol. The monoisotopic (exact) mass is 268 g/mol. The van der Waals surface area contributed by atoms with Crippen molar-refractivity contribution in [2.45, 2.75) is 19.3 Å². The molecule has 0 aliphatic carbocycles. The molecule has 0 radical (unpaired) electrons. The SMILES string of the molecule is O=C(c1ccc(Br)nc1)N1CCCCC1. The Morgan fingerprint density at radius 3 is 2.60 bits per heavy atom. The van der Waals surface area contributed by atoms with Crippen LogP contribution in [-0.2, 0) is 0 Å². The Kier molecular flexibility index (Phi) is 3.36. The van der Waals surface area contributed by atoms with Gasteiger partial charge in [-0.2, -0.15) is 0 Å². The zero-order valence-electron chi connectivity index (χ0n) is 8.45. The molecule has 1 amide bonds. The maximum atomic E-state index is 12.0. The van der Waals surface area contributed by atoms with E-state index in [1.807, 2.05) is 11.0 Å². The van der Waals surface area contributed by atoms with Crippen LogP contribution in [0.5, 0.6) is 0 Å². The lowest BCUT2D eigenvalue weighted by molar-refractivity contribution is 0.0724. The van der Waals surface area contributed by atoms with Crippen molar-refractivity contribution in [2.75, 3.05) is 13.1 Å². The minimum atomic E-state index is 0.106. The van der Waals surface area contributed by atoms with E-state index in [0.717, 1.165) is 30.5 Å². The van der Waals surface area contributed by atoms with Crippen LogP contribution in [0, 0.1) is 0 Å². The first-order valence-corrected chi connectivity index (χ1v) is 5.97. The first-order chi connectivity index (χ1) is 7.27. The second-order valence-corrected chi connectivity index (χ2v) is 4.53. The molecule has 1 saturated heterocycles. The van der Waals surface area contributed by atoms with Gasteiger partial charge in [0.1, 0.15) is 4.60 Å². The first-order valence-electron chi connectivity index (χ1n) is 5.18. The number of pyridine rings is 1. The van der Waals surface area contributed by atoms with E-state index in [0.29, 0.717) is 5.56 Å². The third-order valence-electron chi connectivity index (χ3n) is 2.62. The Labute approximate surface area is 97.6 Å². The normalized spacial score (nSPS) is 16.5. The maximum absolute atomic E-state index is 12.0. The standard InChI is InChI=1S/C11H13BrN2O/c12-10-5-4-9(8-13-10)11(15)14-6-2-1-3-7-14/h4-5,8H,1-3,6-7H2. The number of nitrogens with zero attached hydrogens (tertiary/aromatic N) is 2. The summed E-state index contributed by atoms with van der Waals surface area (Å²) in [6, 6.07) is 3.62. The molecule has 0 bridgehead atoms. The van der Waals surface area contributed by atoms with E-state index in [9.17, 15) is 4.79 Å². The number of piperidine rings is 1. The Hall–Kier alpha value is -0.900. The molecule has 0 spiro atoms. The molecule has 0 unspecified atom stereocenters. The molecule has 2 rings (SSSR count). The van der Waals surface area contributed by atoms with E-state index >= 15 is 0 Å². The van der Waals surface area contributed by atoms with Crippen LogP contribution in [-0.4, -0.2) is 28.9 Å². The summed E-state index contributed by atoms with van der Waals surface area (Å²) in [5, 5.41) is 0. The summed E-state index contributed by atoms with van der Waals surface area (Å²) in [6.45, 7) is 1.77. The van der Waals surface area contributed by atoms with Crippen molar-refractivity contribution >= 4 is 21.8 Å². The third kappa shape index (κ3) is 2.56. The molecule has 0 N–H and O–H groups in total. The fourth-order valence-corrected chi connectivity index (χ4v) is 2.02. The lowest BCUT2D eigenvalue weighted by Gasteiger charge is -2.26. The molecular formula is C11H13BrN2O. The summed E-state index contributed by atoms with van der Waals surface area (Å²) >= 11 is 3.25. The number of carbonyl (C=O) groups excluding carboxylic acids is 1. The highest BCUT2D eigenvalue weighted by Gasteiger charge is 2.17. The van der Waals surface area contributed by atoms with Crippen LogP contribution in [0.1, 0.15) is 29.6 Å². The lowest BCUT2D eigenvalue weighted by Crippen LogP contribution is -2.35. The number of likely N-dealkylation sites (tertiary alicyclic amines) is 1. The van der Waals surface area contributed by atoms with Gasteiger partial charge in [-0.3, -0.25) is 4.79 Å². The average Bonchev–Trinajstić information content (AvgIpc) is 2.30. The van der Waals surface area contributed by atoms with Crippen molar-refractivity contribution < 1.29 is 4.79 Å². The Morgan fingerprint density at radius 1 is 1.27 bits per heavy atom. The van der Waals surface area contributed by atoms with E-state index in [4.69, 9.17) is 0 Å². The molecule has 3 nitrogen and oxygen atoms in total. The van der Waals surface area contributed by atoms with E-state index < -0.39 is 0 Å². The minimum absolute atomic E-state index is 0.106. The van der Waals surface area contributed by atoms with E-state index in [-0.39, 0.29) is 5.91 Å². The van der Waals surface area contributed by atoms with Crippen LogP contribution >= 0.6 is 15.9 Å². The zero-order valence-corrected chi connectivity index (χ0v) is 10.0. The van der Waals surface area contributed by atoms with E-state index in [2.05, 4.69) is 20.9 Å². The lowest BCUT2D eigenvalue weighted by atomic mass is 10.1. The Bertz CT molecular complexity index is 344. The van der Waals surface area contributed by atoms with Crippen molar-refractivity contribution in [1.82, 2.24) is 9.88 Å². The van der Waals surface area contributed by atoms with Gasteiger partial charge in [-0.25, -0.2) is 4.98 Å². The van der Waals surface area contributed by atoms with Crippen molar-refractivity contribution in [1.29, 1.82) is 0 Å². The quantitative estimate of drug-likeness (QED) is 0.734. The fraction of sp³-hybridized carbons (Fsp3) is 0.455. The number of amides is 1. The second-order valence-electron chi connectivity index (χ2n) is 3.72. The molecule has 15 heavy (non-hydrogen) atoms. The van der Waals surface area contributed by atoms with Crippen LogP contribution in [0.25, 0.3) is 0 Å². The summed E-state index contributed by atoms with van der Waals surface area (Å²) in [5.41, 5.74) is 0.681. The third-order valence-corrected chi connectivity index (χ3v) is 3.09. The summed E-state index contributed by atoms with van der Waals surface area (Å²) in [5.74, 6) is 0.106. The maximum Gasteiger partial charge on any atom is 0.255 e. The Balaban J connectivity index is 2.09. The molecule has 80 valence electrons. The van der Waals surface area contributed by atoms with Gasteiger partial charge in [-0.15, -0.1) is 0 Å². The van der Waals surface area contributed by atoms with Crippen molar-refractivity contribution in [3.8, 4) is 0 Å². The molecule has 1 aromatic heterocycles. The minimum Gasteiger partial charge on any atom is -0.339 e. The highest BCUT2D eigenvalue weighted by atomic mass is 79.9. The smallest absolute Gasteiger partial charge is 0.255 e. The molecule has 1 aromatic rings. The second kappa shape index (κ2) is 4.75. The topological polar surface area (TPSA) is 33.2 Å². The molecule has 4 heteroatoms. The molecule has 1 aliphatic heterocycles. The van der Waals surface area contributed by atoms with Crippen LogP contribution in [0.4, 0.5) is 0 Å². The largest absolute Gasteiger partial charge is 0.339 e. The highest BCUT2D eigenvalue weighted by Crippen LogP contribution is 2.13. The first kappa shape index (κ1) is 10.6. The van der Waals surface area contributed by atoms with Gasteiger partial charge in [-0.1, -0.05) is 0 Å². The van der Waals surface area contributed by atoms with Crippen LogP contribution in [0.15, 0.2) is 22.9 Å². The predicted octanol–water partition coefficient (Wildman–Crippen LogP) is 2.47. The molecule has 1 aliphatic rings. The van der Waals surface area contributed by atoms with Crippen molar-refractivity contribution in [3.05, 3.63) is 28.5 Å². The molecule has 0 atom stereocenters. The van der Waals surface area contributed by atoms with Crippen molar-refractivity contribution in [2.24, 2.45) is 0 Å². The van der Waals surface area contributed by atoms with Gasteiger partial charge in [0, 0.05) is 19.3 Å². The van der Waals surface area contributed by atoms with Gasteiger partial charge in [0.05, 0.1) is 5.56 Å². The van der Waals surface area contributed by atoms with Crippen LogP contribution in [0.3, 0.4) is 0 Å². The van der Waals surface area contributed by atoms with Gasteiger partial charge >= 0.3 is 0 Å². The zero-order chi connectivity index (χ0) is 10.7. The van der Waals surface area contributed by atoms with Crippen molar-refractivity contribution in [3.63, 3.8) is 0 Å². The van der Waals surface area contributed by atoms with Crippen LogP contribution < -0.4 is 0 Å². The summed E-state index contributed by atoms with van der Waals surface area (Å²) in [7, 11) is 0. The number of hydrogen-bond acceptors (Lipinski definition) is 2. The van der Waals surface area contributed by atoms with Gasteiger partial charge in [0.15, 0.2) is 0 Å². The molecule has 1 fully saturated rings. The number of hydrogen-bond donors (Lipinski definition) is 0. The summed E-state index contributed by atoms with van der Waals surface area (Å²) < 4.78 is 0.762. The molecule has 2 heterocycles. The number of aromatic nitrogens is 1. The van der Waals surface area contributed by atoms with Gasteiger partial charge in [0.2, 0.25) is 0 Å². The Morgan fingerprint density at radius 2 is 2.00 bits per heavy atom. The number of rotatable bonds is 1. The van der Waals surface area contributed by atoms with E-state index in [1.54, 1.807) is 12.3 Å². The highest BCUT2D eigenvalue weighted by molar-refractivity contribution is 9.10. The number of carbonyl (C=O) groups is 1. The van der Waals surface area contributed by atoms with Gasteiger partial charge in [-0.05, 0) is 47.3 Å². The van der Waals surface area contributed by atoms with Gasteiger partial charge in [0.25, 0.3) is 5.91 Å². The summed E-state index contributed by atoms with van der Waals surface area (Å²) in [4.78, 5) is 18.0. The van der Waals surface area contributed by atoms with Crippen LogP contribution in [0.2, 0.25) is 0 Å². The molecule has 0 aromatic carbocycles. The van der Waals surface area contributed by atoms with Gasteiger partial charge < -0.3 is 4.90 Å². The summed E-state index contributed by atoms with van der Waals surface area (Å²) in [6.07, 6.45) is 5.11. The predicted molar refractivity (Wildman–Crippen MR) is 61.7 cm³/mol.